The molecule has 2 aromatic rings. The summed E-state index contributed by atoms with van der Waals surface area (Å²) in [5.41, 5.74) is 1.80. The molecule has 5 nitrogen and oxygen atoms in total. The van der Waals surface area contributed by atoms with Crippen LogP contribution in [0.25, 0.3) is 0 Å². The molecule has 1 aromatic heterocycles. The summed E-state index contributed by atoms with van der Waals surface area (Å²) >= 11 is 1.17. The number of thiazole rings is 1. The number of aryl methyl sites for hydroxylation is 1. The summed E-state index contributed by atoms with van der Waals surface area (Å²) in [4.78, 5) is 24.5. The summed E-state index contributed by atoms with van der Waals surface area (Å²) in [5.74, 6) is 0.572. The van der Waals surface area contributed by atoms with Crippen LogP contribution in [0.3, 0.4) is 0 Å². The van der Waals surface area contributed by atoms with Crippen LogP contribution in [0.2, 0.25) is 0 Å². The van der Waals surface area contributed by atoms with Gasteiger partial charge in [-0.1, -0.05) is 23.5 Å². The molecule has 1 amide bonds. The number of hydrogen-bond acceptors (Lipinski definition) is 4. The number of benzene rings is 1. The van der Waals surface area contributed by atoms with Crippen molar-refractivity contribution in [3.63, 3.8) is 0 Å². The molecule has 1 N–H and O–H groups in total. The molecule has 6 heteroatoms. The molecule has 1 aromatic carbocycles. The number of hydrogen-bond donors (Lipinski definition) is 1. The first kappa shape index (κ1) is 15.3. The van der Waals surface area contributed by atoms with Gasteiger partial charge in [-0.05, 0) is 31.5 Å². The van der Waals surface area contributed by atoms with E-state index in [1.54, 1.807) is 7.11 Å². The minimum atomic E-state index is -0.180. The van der Waals surface area contributed by atoms with Crippen molar-refractivity contribution in [2.24, 2.45) is 0 Å². The fourth-order valence-electron chi connectivity index (χ4n) is 1.95. The minimum absolute atomic E-state index is 0.0545. The van der Waals surface area contributed by atoms with Gasteiger partial charge < -0.3 is 10.1 Å². The van der Waals surface area contributed by atoms with Crippen molar-refractivity contribution < 1.29 is 9.53 Å². The molecule has 0 fully saturated rings. The molecule has 0 saturated carbocycles. The zero-order valence-electron chi connectivity index (χ0n) is 12.3. The Labute approximate surface area is 127 Å². The van der Waals surface area contributed by atoms with E-state index in [1.165, 1.54) is 15.9 Å². The van der Waals surface area contributed by atoms with Crippen molar-refractivity contribution in [3.05, 3.63) is 50.1 Å². The summed E-state index contributed by atoms with van der Waals surface area (Å²) < 4.78 is 6.64. The normalized spacial score (nSPS) is 10.4. The lowest BCUT2D eigenvalue weighted by atomic mass is 10.2. The summed E-state index contributed by atoms with van der Waals surface area (Å²) in [6, 6.07) is 7.50. The first-order valence-corrected chi connectivity index (χ1v) is 7.39. The Balaban J connectivity index is 1.97. The summed E-state index contributed by atoms with van der Waals surface area (Å²) in [5, 5.41) is 2.81. The van der Waals surface area contributed by atoms with Gasteiger partial charge in [-0.15, -0.1) is 0 Å². The van der Waals surface area contributed by atoms with E-state index in [0.29, 0.717) is 6.54 Å². The quantitative estimate of drug-likeness (QED) is 0.917. The Kier molecular flexibility index (Phi) is 4.80. The molecule has 0 spiro atoms. The predicted molar refractivity (Wildman–Crippen MR) is 82.9 cm³/mol. The third-order valence-corrected chi connectivity index (χ3v) is 4.30. The van der Waals surface area contributed by atoms with E-state index in [0.717, 1.165) is 21.9 Å². The fraction of sp³-hybridized carbons (Fsp3) is 0.333. The van der Waals surface area contributed by atoms with E-state index in [2.05, 4.69) is 5.32 Å². The lowest BCUT2D eigenvalue weighted by Gasteiger charge is -2.08. The maximum atomic E-state index is 12.0. The maximum absolute atomic E-state index is 12.0. The topological polar surface area (TPSA) is 60.3 Å². The molecule has 1 heterocycles. The van der Waals surface area contributed by atoms with Crippen LogP contribution in [0.4, 0.5) is 0 Å². The molecule has 0 aliphatic carbocycles. The average Bonchev–Trinajstić information content (AvgIpc) is 2.72. The van der Waals surface area contributed by atoms with Crippen LogP contribution in [-0.2, 0) is 17.9 Å². The second kappa shape index (κ2) is 6.58. The Hall–Kier alpha value is -2.08. The van der Waals surface area contributed by atoms with Gasteiger partial charge in [-0.3, -0.25) is 14.2 Å². The number of aromatic nitrogens is 1. The van der Waals surface area contributed by atoms with Crippen LogP contribution in [-0.4, -0.2) is 17.6 Å². The molecule has 21 heavy (non-hydrogen) atoms. The van der Waals surface area contributed by atoms with Crippen LogP contribution in [0.5, 0.6) is 5.75 Å². The van der Waals surface area contributed by atoms with Crippen molar-refractivity contribution in [1.82, 2.24) is 9.88 Å². The SMILES string of the molecule is COc1cccc(CNC(=O)Cn2c(C)c(C)sc2=O)c1. The van der Waals surface area contributed by atoms with Gasteiger partial charge >= 0.3 is 4.87 Å². The van der Waals surface area contributed by atoms with Gasteiger partial charge in [0.2, 0.25) is 5.91 Å². The summed E-state index contributed by atoms with van der Waals surface area (Å²) in [6.45, 7) is 4.19. The molecule has 0 bridgehead atoms. The molecule has 0 saturated heterocycles. The predicted octanol–water partition coefficient (Wildman–Crippen LogP) is 1.85. The van der Waals surface area contributed by atoms with Crippen LogP contribution in [0.1, 0.15) is 16.1 Å². The molecule has 0 aliphatic heterocycles. The molecule has 0 radical (unpaired) electrons. The van der Waals surface area contributed by atoms with Crippen molar-refractivity contribution >= 4 is 17.2 Å². The molecular weight excluding hydrogens is 288 g/mol. The van der Waals surface area contributed by atoms with E-state index in [-0.39, 0.29) is 17.3 Å². The zero-order chi connectivity index (χ0) is 15.4. The van der Waals surface area contributed by atoms with Gasteiger partial charge in [0.05, 0.1) is 7.11 Å². The van der Waals surface area contributed by atoms with Gasteiger partial charge in [-0.2, -0.15) is 0 Å². The standard InChI is InChI=1S/C15H18N2O3S/c1-10-11(2)21-15(19)17(10)9-14(18)16-8-12-5-4-6-13(7-12)20-3/h4-7H,8-9H2,1-3H3,(H,16,18). The fourth-order valence-corrected chi connectivity index (χ4v) is 2.78. The molecule has 0 aliphatic rings. The largest absolute Gasteiger partial charge is 0.497 e. The number of nitrogens with zero attached hydrogens (tertiary/aromatic N) is 1. The Morgan fingerprint density at radius 2 is 2.14 bits per heavy atom. The highest BCUT2D eigenvalue weighted by molar-refractivity contribution is 7.09. The van der Waals surface area contributed by atoms with Gasteiger partial charge in [0.1, 0.15) is 12.3 Å². The number of carbonyl (C=O) groups excluding carboxylic acids is 1. The first-order chi connectivity index (χ1) is 10.0. The van der Waals surface area contributed by atoms with Crippen LogP contribution in [0.15, 0.2) is 29.1 Å². The average molecular weight is 306 g/mol. The third-order valence-electron chi connectivity index (χ3n) is 3.30. The van der Waals surface area contributed by atoms with Gasteiger partial charge in [0.25, 0.3) is 0 Å². The zero-order valence-corrected chi connectivity index (χ0v) is 13.1. The number of methoxy groups -OCH3 is 1. The number of rotatable bonds is 5. The highest BCUT2D eigenvalue weighted by Gasteiger charge is 2.11. The Morgan fingerprint density at radius 3 is 2.76 bits per heavy atom. The van der Waals surface area contributed by atoms with Gasteiger partial charge in [0, 0.05) is 17.1 Å². The lowest BCUT2D eigenvalue weighted by molar-refractivity contribution is -0.121. The second-order valence-corrected chi connectivity index (χ2v) is 5.89. The number of amides is 1. The number of nitrogens with one attached hydrogen (secondary N) is 1. The van der Waals surface area contributed by atoms with E-state index < -0.39 is 0 Å². The highest BCUT2D eigenvalue weighted by atomic mass is 32.1. The van der Waals surface area contributed by atoms with E-state index in [4.69, 9.17) is 4.74 Å². The van der Waals surface area contributed by atoms with Gasteiger partial charge in [-0.25, -0.2) is 0 Å². The minimum Gasteiger partial charge on any atom is -0.497 e. The summed E-state index contributed by atoms with van der Waals surface area (Å²) in [7, 11) is 1.60. The Morgan fingerprint density at radius 1 is 1.38 bits per heavy atom. The van der Waals surface area contributed by atoms with Crippen LogP contribution >= 0.6 is 11.3 Å². The first-order valence-electron chi connectivity index (χ1n) is 6.57. The number of ether oxygens (including phenoxy) is 1. The van der Waals surface area contributed by atoms with Crippen LogP contribution < -0.4 is 14.9 Å². The smallest absolute Gasteiger partial charge is 0.308 e. The molecule has 112 valence electrons. The molecule has 0 atom stereocenters. The second-order valence-electron chi connectivity index (χ2n) is 4.72. The van der Waals surface area contributed by atoms with Crippen molar-refractivity contribution in [2.75, 3.05) is 7.11 Å². The highest BCUT2D eigenvalue weighted by Crippen LogP contribution is 2.12. The van der Waals surface area contributed by atoms with Crippen molar-refractivity contribution in [3.8, 4) is 5.75 Å². The van der Waals surface area contributed by atoms with Crippen molar-refractivity contribution in [2.45, 2.75) is 26.9 Å². The van der Waals surface area contributed by atoms with E-state index in [9.17, 15) is 9.59 Å². The van der Waals surface area contributed by atoms with E-state index in [1.807, 2.05) is 38.1 Å². The van der Waals surface area contributed by atoms with Crippen LogP contribution in [0, 0.1) is 13.8 Å². The molecule has 0 unspecified atom stereocenters. The van der Waals surface area contributed by atoms with Crippen molar-refractivity contribution in [1.29, 1.82) is 0 Å². The summed E-state index contributed by atoms with van der Waals surface area (Å²) in [6.07, 6.45) is 0. The third kappa shape index (κ3) is 3.72. The Bertz CT molecular complexity index is 703. The lowest BCUT2D eigenvalue weighted by Crippen LogP contribution is -2.30. The molecular formula is C15H18N2O3S. The number of carbonyl (C=O) groups is 1. The van der Waals surface area contributed by atoms with Gasteiger partial charge in [0.15, 0.2) is 0 Å². The van der Waals surface area contributed by atoms with E-state index >= 15 is 0 Å². The molecule has 2 rings (SSSR count). The maximum Gasteiger partial charge on any atom is 0.308 e. The monoisotopic (exact) mass is 306 g/mol.